The maximum atomic E-state index is 9.44. The van der Waals surface area contributed by atoms with Crippen molar-refractivity contribution in [1.29, 1.82) is 10.5 Å². The molecule has 8 nitrogen and oxygen atoms in total. The van der Waals surface area contributed by atoms with Crippen molar-refractivity contribution in [3.63, 3.8) is 0 Å². The van der Waals surface area contributed by atoms with E-state index in [-0.39, 0.29) is 23.1 Å². The van der Waals surface area contributed by atoms with Gasteiger partial charge in [-0.25, -0.2) is 0 Å². The Labute approximate surface area is 200 Å². The highest BCUT2D eigenvalue weighted by molar-refractivity contribution is 5.54. The van der Waals surface area contributed by atoms with Gasteiger partial charge in [-0.2, -0.15) is 20.5 Å². The van der Waals surface area contributed by atoms with Gasteiger partial charge in [-0.05, 0) is 52.0 Å². The van der Waals surface area contributed by atoms with Gasteiger partial charge in [0.15, 0.2) is 11.4 Å². The molecule has 8 heteroatoms. The van der Waals surface area contributed by atoms with E-state index >= 15 is 0 Å². The molecule has 0 atom stereocenters. The second kappa shape index (κ2) is 11.5. The number of rotatable bonds is 10. The van der Waals surface area contributed by atoms with Crippen LogP contribution in [-0.2, 0) is 0 Å². The van der Waals surface area contributed by atoms with Crippen LogP contribution in [0.1, 0.15) is 39.1 Å². The maximum absolute atomic E-state index is 9.44. The van der Waals surface area contributed by atoms with Gasteiger partial charge in [0, 0.05) is 49.7 Å². The molecule has 3 aromatic rings. The lowest BCUT2D eigenvalue weighted by Gasteiger charge is -2.22. The average molecular weight is 457 g/mol. The molecule has 0 amide bonds. The number of nitrogens with zero attached hydrogens (tertiary/aromatic N) is 6. The van der Waals surface area contributed by atoms with Crippen LogP contribution >= 0.6 is 0 Å². The normalized spacial score (nSPS) is 10.2. The summed E-state index contributed by atoms with van der Waals surface area (Å²) in [6.07, 6.45) is 0. The molecular formula is C26H28N6O2. The van der Waals surface area contributed by atoms with E-state index in [4.69, 9.17) is 9.47 Å². The summed E-state index contributed by atoms with van der Waals surface area (Å²) >= 11 is 0. The Hall–Kier alpha value is -4.30. The quantitative estimate of drug-likeness (QED) is 0.394. The number of benzene rings is 2. The lowest BCUT2D eigenvalue weighted by Crippen LogP contribution is -2.21. The molecule has 0 bridgehead atoms. The van der Waals surface area contributed by atoms with Crippen LogP contribution in [0.5, 0.6) is 23.3 Å². The first-order valence-electron chi connectivity index (χ1n) is 11.3. The molecule has 2 aromatic carbocycles. The van der Waals surface area contributed by atoms with Crippen molar-refractivity contribution >= 4 is 11.4 Å². The number of anilines is 2. The monoisotopic (exact) mass is 456 g/mol. The standard InChI is InChI=1S/C26H28N6O2/c1-5-31(6-2)19-11-9-13-21(15-19)33-25-26(30-24(18-28)23(17-27)29-25)34-22-14-10-12-20(16-22)32(7-3)8-4/h9-16H,5-8H2,1-4H3. The van der Waals surface area contributed by atoms with Crippen LogP contribution in [0.25, 0.3) is 0 Å². The SMILES string of the molecule is CCN(CC)c1cccc(Oc2nc(C#N)c(C#N)nc2Oc2cccc(N(CC)CC)c2)c1. The van der Waals surface area contributed by atoms with E-state index in [1.54, 1.807) is 12.1 Å². The first-order chi connectivity index (χ1) is 16.6. The Balaban J connectivity index is 2.01. The summed E-state index contributed by atoms with van der Waals surface area (Å²) in [5.41, 5.74) is 1.75. The summed E-state index contributed by atoms with van der Waals surface area (Å²) in [4.78, 5) is 12.9. The molecule has 0 saturated heterocycles. The van der Waals surface area contributed by atoms with Crippen LogP contribution in [0.2, 0.25) is 0 Å². The van der Waals surface area contributed by atoms with Crippen LogP contribution in [0.3, 0.4) is 0 Å². The fourth-order valence-electron chi connectivity index (χ4n) is 3.58. The number of hydrogen-bond donors (Lipinski definition) is 0. The third kappa shape index (κ3) is 5.54. The molecule has 0 saturated carbocycles. The van der Waals surface area contributed by atoms with Crippen LogP contribution in [0.15, 0.2) is 48.5 Å². The molecule has 0 fully saturated rings. The highest BCUT2D eigenvalue weighted by Gasteiger charge is 2.19. The van der Waals surface area contributed by atoms with Crippen molar-refractivity contribution in [1.82, 2.24) is 9.97 Å². The first kappa shape index (κ1) is 24.3. The zero-order chi connectivity index (χ0) is 24.5. The molecule has 0 radical (unpaired) electrons. The second-order valence-electron chi connectivity index (χ2n) is 7.30. The molecule has 0 spiro atoms. The lowest BCUT2D eigenvalue weighted by molar-refractivity contribution is 0.390. The molecule has 0 aliphatic carbocycles. The number of nitriles is 2. The van der Waals surface area contributed by atoms with E-state index < -0.39 is 0 Å². The zero-order valence-corrected chi connectivity index (χ0v) is 19.9. The molecular weight excluding hydrogens is 428 g/mol. The van der Waals surface area contributed by atoms with Crippen LogP contribution in [-0.4, -0.2) is 36.1 Å². The smallest absolute Gasteiger partial charge is 0.285 e. The van der Waals surface area contributed by atoms with Gasteiger partial charge in [0.1, 0.15) is 23.6 Å². The Morgan fingerprint density at radius 3 is 1.38 bits per heavy atom. The van der Waals surface area contributed by atoms with Crippen molar-refractivity contribution in [2.45, 2.75) is 27.7 Å². The predicted molar refractivity (Wildman–Crippen MR) is 132 cm³/mol. The largest absolute Gasteiger partial charge is 0.435 e. The molecule has 174 valence electrons. The number of hydrogen-bond acceptors (Lipinski definition) is 8. The number of aromatic nitrogens is 2. The molecule has 1 aromatic heterocycles. The van der Waals surface area contributed by atoms with E-state index in [0.717, 1.165) is 37.6 Å². The zero-order valence-electron chi connectivity index (χ0n) is 19.9. The molecule has 0 aliphatic heterocycles. The van der Waals surface area contributed by atoms with Crippen molar-refractivity contribution in [3.05, 3.63) is 59.9 Å². The molecule has 34 heavy (non-hydrogen) atoms. The summed E-state index contributed by atoms with van der Waals surface area (Å²) in [6, 6.07) is 19.0. The van der Waals surface area contributed by atoms with Gasteiger partial charge in [0.05, 0.1) is 0 Å². The number of ether oxygens (including phenoxy) is 2. The summed E-state index contributed by atoms with van der Waals surface area (Å²) < 4.78 is 12.1. The highest BCUT2D eigenvalue weighted by Crippen LogP contribution is 2.34. The second-order valence-corrected chi connectivity index (χ2v) is 7.30. The highest BCUT2D eigenvalue weighted by atomic mass is 16.5. The Bertz CT molecular complexity index is 1110. The van der Waals surface area contributed by atoms with Crippen LogP contribution in [0, 0.1) is 22.7 Å². The minimum atomic E-state index is -0.123. The molecule has 3 rings (SSSR count). The molecule has 0 N–H and O–H groups in total. The van der Waals surface area contributed by atoms with Crippen LogP contribution < -0.4 is 19.3 Å². The van der Waals surface area contributed by atoms with Gasteiger partial charge in [-0.3, -0.25) is 0 Å². The fraction of sp³-hybridized carbons (Fsp3) is 0.308. The van der Waals surface area contributed by atoms with Gasteiger partial charge in [-0.1, -0.05) is 12.1 Å². The molecule has 0 aliphatic rings. The van der Waals surface area contributed by atoms with Crippen molar-refractivity contribution < 1.29 is 9.47 Å². The van der Waals surface area contributed by atoms with Gasteiger partial charge in [0.2, 0.25) is 0 Å². The van der Waals surface area contributed by atoms with Crippen LogP contribution in [0.4, 0.5) is 11.4 Å². The predicted octanol–water partition coefficient (Wildman–Crippen LogP) is 5.50. The minimum absolute atomic E-state index is 0.0143. The fourth-order valence-corrected chi connectivity index (χ4v) is 3.58. The van der Waals surface area contributed by atoms with Gasteiger partial charge < -0.3 is 19.3 Å². The van der Waals surface area contributed by atoms with E-state index in [0.29, 0.717) is 11.5 Å². The lowest BCUT2D eigenvalue weighted by atomic mass is 10.2. The third-order valence-corrected chi connectivity index (χ3v) is 5.37. The molecule has 1 heterocycles. The molecule has 0 unspecified atom stereocenters. The van der Waals surface area contributed by atoms with E-state index in [1.807, 2.05) is 48.5 Å². The Kier molecular flexibility index (Phi) is 8.26. The Morgan fingerprint density at radius 2 is 1.06 bits per heavy atom. The summed E-state index contributed by atoms with van der Waals surface area (Å²) in [7, 11) is 0. The van der Waals surface area contributed by atoms with Crippen molar-refractivity contribution in [3.8, 4) is 35.4 Å². The van der Waals surface area contributed by atoms with E-state index in [9.17, 15) is 10.5 Å². The van der Waals surface area contributed by atoms with Gasteiger partial charge in [0.25, 0.3) is 11.8 Å². The van der Waals surface area contributed by atoms with E-state index in [1.165, 1.54) is 0 Å². The Morgan fingerprint density at radius 1 is 0.676 bits per heavy atom. The van der Waals surface area contributed by atoms with Gasteiger partial charge in [-0.15, -0.1) is 0 Å². The summed E-state index contributed by atoms with van der Waals surface area (Å²) in [5.74, 6) is 1.07. The minimum Gasteiger partial charge on any atom is -0.435 e. The summed E-state index contributed by atoms with van der Waals surface area (Å²) in [5, 5.41) is 18.9. The summed E-state index contributed by atoms with van der Waals surface area (Å²) in [6.45, 7) is 11.8. The van der Waals surface area contributed by atoms with Crippen molar-refractivity contribution in [2.24, 2.45) is 0 Å². The van der Waals surface area contributed by atoms with E-state index in [2.05, 4.69) is 47.5 Å². The first-order valence-corrected chi connectivity index (χ1v) is 11.3. The van der Waals surface area contributed by atoms with Crippen molar-refractivity contribution in [2.75, 3.05) is 36.0 Å². The average Bonchev–Trinajstić information content (AvgIpc) is 2.87. The maximum Gasteiger partial charge on any atom is 0.285 e. The topological polar surface area (TPSA) is 98.3 Å². The van der Waals surface area contributed by atoms with Gasteiger partial charge >= 0.3 is 0 Å². The third-order valence-electron chi connectivity index (χ3n) is 5.37.